The highest BCUT2D eigenvalue weighted by atomic mass is 35.5. The van der Waals surface area contributed by atoms with Gasteiger partial charge in [-0.2, -0.15) is 0 Å². The zero-order valence-corrected chi connectivity index (χ0v) is 18.4. The second kappa shape index (κ2) is 10.5. The molecule has 3 aliphatic rings. The van der Waals surface area contributed by atoms with Crippen LogP contribution in [-0.2, 0) is 14.3 Å². The SMILES string of the molecule is CSC1OC([C@H](NC(=O)[C@H]2NC[C@@H]3CCCCO[C@H]32)[C@H](C)Cl)CC(O)C(O)[C@H]1O. The third-order valence-electron chi connectivity index (χ3n) is 6.20. The van der Waals surface area contributed by atoms with Crippen LogP contribution in [-0.4, -0.2) is 94.1 Å². The van der Waals surface area contributed by atoms with Gasteiger partial charge in [-0.1, -0.05) is 6.42 Å². The normalized spacial score (nSPS) is 43.0. The average Bonchev–Trinajstić information content (AvgIpc) is 2.89. The smallest absolute Gasteiger partial charge is 0.240 e. The molecule has 168 valence electrons. The zero-order valence-electron chi connectivity index (χ0n) is 16.9. The van der Waals surface area contributed by atoms with Gasteiger partial charge < -0.3 is 35.4 Å². The van der Waals surface area contributed by atoms with Crippen molar-refractivity contribution in [3.8, 4) is 0 Å². The van der Waals surface area contributed by atoms with Crippen molar-refractivity contribution in [3.63, 3.8) is 0 Å². The van der Waals surface area contributed by atoms with Gasteiger partial charge >= 0.3 is 0 Å². The molecule has 0 aliphatic carbocycles. The lowest BCUT2D eigenvalue weighted by atomic mass is 9.95. The summed E-state index contributed by atoms with van der Waals surface area (Å²) >= 11 is 7.63. The van der Waals surface area contributed by atoms with E-state index in [2.05, 4.69) is 10.6 Å². The van der Waals surface area contributed by atoms with Crippen molar-refractivity contribution in [1.29, 1.82) is 0 Å². The lowest BCUT2D eigenvalue weighted by molar-refractivity contribution is -0.128. The van der Waals surface area contributed by atoms with Gasteiger partial charge in [0.05, 0.1) is 29.7 Å². The van der Waals surface area contributed by atoms with E-state index >= 15 is 0 Å². The van der Waals surface area contributed by atoms with Crippen LogP contribution in [0.2, 0.25) is 0 Å². The Bertz CT molecular complexity index is 559. The van der Waals surface area contributed by atoms with Crippen molar-refractivity contribution in [2.45, 2.75) is 86.0 Å². The third kappa shape index (κ3) is 5.38. The number of thioether (sulfide) groups is 1. The molecule has 3 saturated heterocycles. The maximum atomic E-state index is 13.1. The lowest BCUT2D eigenvalue weighted by Crippen LogP contribution is -2.56. The van der Waals surface area contributed by atoms with Gasteiger partial charge in [0.25, 0.3) is 0 Å². The minimum absolute atomic E-state index is 0.0535. The Kier molecular flexibility index (Phi) is 8.48. The lowest BCUT2D eigenvalue weighted by Gasteiger charge is -2.33. The minimum Gasteiger partial charge on any atom is -0.390 e. The molecule has 3 aliphatic heterocycles. The van der Waals surface area contributed by atoms with Crippen molar-refractivity contribution in [2.24, 2.45) is 5.92 Å². The number of aliphatic hydroxyl groups excluding tert-OH is 3. The van der Waals surface area contributed by atoms with E-state index < -0.39 is 47.3 Å². The molecular formula is C19H33ClN2O6S. The minimum atomic E-state index is -1.32. The second-order valence-electron chi connectivity index (χ2n) is 8.25. The first-order valence-electron chi connectivity index (χ1n) is 10.3. The fourth-order valence-electron chi connectivity index (χ4n) is 4.51. The number of halogens is 1. The number of carbonyl (C=O) groups excluding carboxylic acids is 1. The van der Waals surface area contributed by atoms with E-state index in [1.54, 1.807) is 13.2 Å². The van der Waals surface area contributed by atoms with Gasteiger partial charge in [-0.25, -0.2) is 0 Å². The molecule has 0 aromatic heterocycles. The predicted octanol–water partition coefficient (Wildman–Crippen LogP) is -0.184. The van der Waals surface area contributed by atoms with Gasteiger partial charge in [-0.3, -0.25) is 4.79 Å². The van der Waals surface area contributed by atoms with Crippen molar-refractivity contribution in [3.05, 3.63) is 0 Å². The van der Waals surface area contributed by atoms with Crippen molar-refractivity contribution < 1.29 is 29.6 Å². The van der Waals surface area contributed by atoms with Crippen LogP contribution in [0.15, 0.2) is 0 Å². The number of alkyl halides is 1. The Morgan fingerprint density at radius 1 is 1.28 bits per heavy atom. The molecule has 3 fully saturated rings. The molecule has 29 heavy (non-hydrogen) atoms. The first kappa shape index (κ1) is 23.5. The number of hydrogen-bond acceptors (Lipinski definition) is 8. The Morgan fingerprint density at radius 3 is 2.72 bits per heavy atom. The van der Waals surface area contributed by atoms with E-state index in [-0.39, 0.29) is 18.4 Å². The Hall–Kier alpha value is -0.130. The monoisotopic (exact) mass is 452 g/mol. The van der Waals surface area contributed by atoms with Crippen LogP contribution < -0.4 is 10.6 Å². The number of carbonyl (C=O) groups is 1. The summed E-state index contributed by atoms with van der Waals surface area (Å²) in [5, 5.41) is 36.4. The van der Waals surface area contributed by atoms with E-state index in [9.17, 15) is 20.1 Å². The summed E-state index contributed by atoms with van der Waals surface area (Å²) in [6, 6.07) is -1.06. The highest BCUT2D eigenvalue weighted by Gasteiger charge is 2.45. The first-order valence-corrected chi connectivity index (χ1v) is 12.1. The highest BCUT2D eigenvalue weighted by Crippen LogP contribution is 2.30. The van der Waals surface area contributed by atoms with Gasteiger partial charge in [0.15, 0.2) is 0 Å². The summed E-state index contributed by atoms with van der Waals surface area (Å²) in [5.74, 6) is 0.114. The largest absolute Gasteiger partial charge is 0.390 e. The van der Waals surface area contributed by atoms with Crippen LogP contribution in [0.5, 0.6) is 0 Å². The summed E-state index contributed by atoms with van der Waals surface area (Å²) in [7, 11) is 0. The van der Waals surface area contributed by atoms with Crippen molar-refractivity contribution in [1.82, 2.24) is 10.6 Å². The van der Waals surface area contributed by atoms with Crippen LogP contribution in [0.1, 0.15) is 32.6 Å². The van der Waals surface area contributed by atoms with E-state index in [0.29, 0.717) is 12.5 Å². The van der Waals surface area contributed by atoms with Gasteiger partial charge in [0, 0.05) is 19.6 Å². The molecule has 5 N–H and O–H groups in total. The molecule has 1 amide bonds. The molecule has 8 nitrogen and oxygen atoms in total. The molecule has 0 radical (unpaired) electrons. The van der Waals surface area contributed by atoms with Gasteiger partial charge in [0.2, 0.25) is 5.91 Å². The average molecular weight is 453 g/mol. The molecule has 0 saturated carbocycles. The summed E-state index contributed by atoms with van der Waals surface area (Å²) in [5.41, 5.74) is -0.735. The predicted molar refractivity (Wildman–Crippen MR) is 111 cm³/mol. The fraction of sp³-hybridized carbons (Fsp3) is 0.947. The number of aliphatic hydroxyl groups is 3. The van der Waals surface area contributed by atoms with Crippen LogP contribution in [0.3, 0.4) is 0 Å². The topological polar surface area (TPSA) is 120 Å². The summed E-state index contributed by atoms with van der Waals surface area (Å²) in [6.07, 6.45) is 0.409. The van der Waals surface area contributed by atoms with Gasteiger partial charge in [0.1, 0.15) is 23.7 Å². The zero-order chi connectivity index (χ0) is 21.1. The van der Waals surface area contributed by atoms with E-state index in [4.69, 9.17) is 21.1 Å². The molecule has 0 aromatic rings. The van der Waals surface area contributed by atoms with Crippen LogP contribution in [0.25, 0.3) is 0 Å². The van der Waals surface area contributed by atoms with E-state index in [1.807, 2.05) is 0 Å². The van der Waals surface area contributed by atoms with Crippen LogP contribution >= 0.6 is 23.4 Å². The molecule has 10 atom stereocenters. The third-order valence-corrected chi connectivity index (χ3v) is 7.32. The molecule has 3 heterocycles. The number of nitrogens with one attached hydrogen (secondary N) is 2. The summed E-state index contributed by atoms with van der Waals surface area (Å²) < 4.78 is 11.9. The second-order valence-corrected chi connectivity index (χ2v) is 9.88. The maximum absolute atomic E-state index is 13.1. The molecule has 4 unspecified atom stereocenters. The Morgan fingerprint density at radius 2 is 2.03 bits per heavy atom. The molecular weight excluding hydrogens is 420 g/mol. The summed E-state index contributed by atoms with van der Waals surface area (Å²) in [4.78, 5) is 13.1. The molecule has 0 spiro atoms. The quantitative estimate of drug-likeness (QED) is 0.364. The van der Waals surface area contributed by atoms with Crippen molar-refractivity contribution in [2.75, 3.05) is 19.4 Å². The van der Waals surface area contributed by atoms with Crippen LogP contribution in [0, 0.1) is 5.92 Å². The number of amides is 1. The van der Waals surface area contributed by atoms with Crippen LogP contribution in [0.4, 0.5) is 0 Å². The standard InChI is InChI=1S/C19H33ClN2O6S/c1-9(20)13(12-7-11(23)15(24)16(25)19(28-12)29-2)22-18(26)14-17-10(8-21-14)5-3-4-6-27-17/h9-17,19,21,23-25H,3-8H2,1-2H3,(H,22,26)/t9-,10-,11?,12?,13+,14-,15?,16+,17+,19?/m0/s1. The molecule has 0 aromatic carbocycles. The van der Waals surface area contributed by atoms with E-state index in [0.717, 1.165) is 25.8 Å². The Labute approximate surface area is 181 Å². The number of rotatable bonds is 5. The summed E-state index contributed by atoms with van der Waals surface area (Å²) in [6.45, 7) is 3.15. The number of ether oxygens (including phenoxy) is 2. The van der Waals surface area contributed by atoms with Crippen molar-refractivity contribution >= 4 is 29.3 Å². The highest BCUT2D eigenvalue weighted by molar-refractivity contribution is 7.99. The van der Waals surface area contributed by atoms with E-state index in [1.165, 1.54) is 11.8 Å². The maximum Gasteiger partial charge on any atom is 0.240 e. The molecule has 10 heteroatoms. The molecule has 3 rings (SSSR count). The van der Waals surface area contributed by atoms with Gasteiger partial charge in [-0.15, -0.1) is 23.4 Å². The Balaban J connectivity index is 1.71. The first-order chi connectivity index (χ1) is 13.8. The fourth-order valence-corrected chi connectivity index (χ4v) is 5.43. The number of hydrogen-bond donors (Lipinski definition) is 5. The molecule has 0 bridgehead atoms. The van der Waals surface area contributed by atoms with Gasteiger partial charge in [-0.05, 0) is 31.9 Å². The number of fused-ring (bicyclic) bond motifs is 1.